The fraction of sp³-hybridized carbons (Fsp3) is 0.471. The Morgan fingerprint density at radius 3 is 2.52 bits per heavy atom. The monoisotopic (exact) mass is 285 g/mol. The molecule has 1 aliphatic rings. The number of hydrogen-bond donors (Lipinski definition) is 0. The Balaban J connectivity index is 1.61. The van der Waals surface area contributed by atoms with E-state index >= 15 is 0 Å². The van der Waals surface area contributed by atoms with Crippen LogP contribution in [0.5, 0.6) is 0 Å². The average Bonchev–Trinajstić information content (AvgIpc) is 2.88. The summed E-state index contributed by atoms with van der Waals surface area (Å²) >= 11 is 0. The smallest absolute Gasteiger partial charge is 0.133 e. The molecule has 1 aromatic carbocycles. The third-order valence-corrected chi connectivity index (χ3v) is 4.35. The minimum absolute atomic E-state index is 0.887. The Hall–Kier alpha value is -1.81. The van der Waals surface area contributed by atoms with Crippen LogP contribution in [-0.4, -0.2) is 36.2 Å². The maximum atomic E-state index is 5.14. The van der Waals surface area contributed by atoms with Crippen LogP contribution in [0.2, 0.25) is 0 Å². The molecule has 0 amide bonds. The number of benzene rings is 1. The van der Waals surface area contributed by atoms with E-state index in [9.17, 15) is 0 Å². The minimum Gasteiger partial charge on any atom is -0.369 e. The van der Waals surface area contributed by atoms with Gasteiger partial charge in [0, 0.05) is 44.5 Å². The van der Waals surface area contributed by atoms with Crippen molar-refractivity contribution in [3.05, 3.63) is 46.8 Å². The molecule has 0 atom stereocenters. The molecule has 1 saturated heterocycles. The van der Waals surface area contributed by atoms with Crippen molar-refractivity contribution >= 4 is 5.69 Å². The number of aryl methyl sites for hydroxylation is 2. The zero-order valence-corrected chi connectivity index (χ0v) is 13.1. The maximum Gasteiger partial charge on any atom is 0.133 e. The Kier molecular flexibility index (Phi) is 3.97. The molecule has 4 heteroatoms. The largest absolute Gasteiger partial charge is 0.369 e. The summed E-state index contributed by atoms with van der Waals surface area (Å²) in [6.07, 6.45) is 0. The molecule has 1 aliphatic heterocycles. The number of rotatable bonds is 3. The Labute approximate surface area is 126 Å². The Morgan fingerprint density at radius 2 is 1.86 bits per heavy atom. The van der Waals surface area contributed by atoms with E-state index in [-0.39, 0.29) is 0 Å². The number of anilines is 1. The van der Waals surface area contributed by atoms with Gasteiger partial charge in [-0.15, -0.1) is 0 Å². The van der Waals surface area contributed by atoms with Crippen LogP contribution in [0, 0.1) is 20.8 Å². The lowest BCUT2D eigenvalue weighted by Crippen LogP contribution is -2.46. The molecule has 1 aromatic heterocycles. The molecule has 0 N–H and O–H groups in total. The van der Waals surface area contributed by atoms with Crippen LogP contribution in [0.1, 0.15) is 22.6 Å². The lowest BCUT2D eigenvalue weighted by Gasteiger charge is -2.36. The zero-order valence-electron chi connectivity index (χ0n) is 13.1. The van der Waals surface area contributed by atoms with Crippen molar-refractivity contribution in [1.29, 1.82) is 0 Å². The van der Waals surface area contributed by atoms with E-state index in [1.807, 2.05) is 13.0 Å². The van der Waals surface area contributed by atoms with Gasteiger partial charge >= 0.3 is 0 Å². The minimum atomic E-state index is 0.887. The molecule has 1 fully saturated rings. The first kappa shape index (κ1) is 14.1. The van der Waals surface area contributed by atoms with E-state index in [1.54, 1.807) is 0 Å². The van der Waals surface area contributed by atoms with Crippen molar-refractivity contribution in [1.82, 2.24) is 10.1 Å². The topological polar surface area (TPSA) is 32.5 Å². The lowest BCUT2D eigenvalue weighted by atomic mass is 10.1. The molecule has 2 aromatic rings. The first-order valence-corrected chi connectivity index (χ1v) is 7.59. The quantitative estimate of drug-likeness (QED) is 0.868. The number of nitrogens with zero attached hydrogens (tertiary/aromatic N) is 3. The second-order valence-electron chi connectivity index (χ2n) is 5.91. The first-order valence-electron chi connectivity index (χ1n) is 7.59. The number of hydrogen-bond acceptors (Lipinski definition) is 4. The molecule has 0 radical (unpaired) electrons. The van der Waals surface area contributed by atoms with Gasteiger partial charge in [0.05, 0.1) is 5.69 Å². The number of piperazine rings is 1. The van der Waals surface area contributed by atoms with Crippen molar-refractivity contribution in [2.75, 3.05) is 31.1 Å². The molecule has 0 saturated carbocycles. The van der Waals surface area contributed by atoms with Gasteiger partial charge in [0.25, 0.3) is 0 Å². The number of aromatic nitrogens is 1. The van der Waals surface area contributed by atoms with Crippen molar-refractivity contribution in [3.63, 3.8) is 0 Å². The molecule has 0 spiro atoms. The van der Waals surface area contributed by atoms with Gasteiger partial charge in [0.1, 0.15) is 5.76 Å². The van der Waals surface area contributed by atoms with Gasteiger partial charge in [0.2, 0.25) is 0 Å². The summed E-state index contributed by atoms with van der Waals surface area (Å²) in [4.78, 5) is 4.94. The molecule has 112 valence electrons. The van der Waals surface area contributed by atoms with E-state index in [2.05, 4.69) is 47.0 Å². The Morgan fingerprint density at radius 1 is 1.10 bits per heavy atom. The maximum absolute atomic E-state index is 5.14. The summed E-state index contributed by atoms with van der Waals surface area (Å²) in [5, 5.41) is 4.08. The molecule has 0 unspecified atom stereocenters. The van der Waals surface area contributed by atoms with E-state index in [1.165, 1.54) is 16.8 Å². The van der Waals surface area contributed by atoms with Crippen LogP contribution in [0.4, 0.5) is 5.69 Å². The van der Waals surface area contributed by atoms with Gasteiger partial charge in [-0.05, 0) is 38.0 Å². The fourth-order valence-corrected chi connectivity index (χ4v) is 2.95. The molecule has 21 heavy (non-hydrogen) atoms. The fourth-order valence-electron chi connectivity index (χ4n) is 2.95. The standard InChI is InChI=1S/C17H23N3O/c1-13-5-4-6-17(15(13)3)20-9-7-19(8-10-20)12-16-11-14(2)21-18-16/h4-6,11H,7-10,12H2,1-3H3. The van der Waals surface area contributed by atoms with Crippen LogP contribution in [-0.2, 0) is 6.54 Å². The highest BCUT2D eigenvalue weighted by molar-refractivity contribution is 5.56. The first-order chi connectivity index (χ1) is 10.1. The Bertz CT molecular complexity index is 612. The molecular weight excluding hydrogens is 262 g/mol. The highest BCUT2D eigenvalue weighted by Gasteiger charge is 2.19. The second-order valence-corrected chi connectivity index (χ2v) is 5.91. The van der Waals surface area contributed by atoms with Crippen LogP contribution in [0.25, 0.3) is 0 Å². The van der Waals surface area contributed by atoms with Gasteiger partial charge in [0.15, 0.2) is 0 Å². The molecule has 4 nitrogen and oxygen atoms in total. The summed E-state index contributed by atoms with van der Waals surface area (Å²) < 4.78 is 5.14. The normalized spacial score (nSPS) is 16.4. The predicted molar refractivity (Wildman–Crippen MR) is 84.6 cm³/mol. The van der Waals surface area contributed by atoms with Crippen LogP contribution < -0.4 is 4.90 Å². The van der Waals surface area contributed by atoms with Crippen LogP contribution in [0.15, 0.2) is 28.8 Å². The van der Waals surface area contributed by atoms with E-state index in [4.69, 9.17) is 4.52 Å². The molecule has 0 bridgehead atoms. The van der Waals surface area contributed by atoms with Crippen molar-refractivity contribution < 1.29 is 4.52 Å². The van der Waals surface area contributed by atoms with Crippen LogP contribution in [0.3, 0.4) is 0 Å². The summed E-state index contributed by atoms with van der Waals surface area (Å²) in [5.74, 6) is 0.888. The van der Waals surface area contributed by atoms with Gasteiger partial charge < -0.3 is 9.42 Å². The second kappa shape index (κ2) is 5.90. The van der Waals surface area contributed by atoms with Crippen molar-refractivity contribution in [2.24, 2.45) is 0 Å². The van der Waals surface area contributed by atoms with Crippen molar-refractivity contribution in [3.8, 4) is 0 Å². The van der Waals surface area contributed by atoms with Crippen molar-refractivity contribution in [2.45, 2.75) is 27.3 Å². The third-order valence-electron chi connectivity index (χ3n) is 4.35. The summed E-state index contributed by atoms with van der Waals surface area (Å²) in [6.45, 7) is 11.5. The molecular formula is C17H23N3O. The summed E-state index contributed by atoms with van der Waals surface area (Å²) in [5.41, 5.74) is 5.19. The van der Waals surface area contributed by atoms with E-state index < -0.39 is 0 Å². The highest BCUT2D eigenvalue weighted by Crippen LogP contribution is 2.24. The molecule has 0 aliphatic carbocycles. The van der Waals surface area contributed by atoms with Gasteiger partial charge in [-0.3, -0.25) is 4.90 Å². The van der Waals surface area contributed by atoms with E-state index in [0.717, 1.165) is 44.2 Å². The van der Waals surface area contributed by atoms with E-state index in [0.29, 0.717) is 0 Å². The zero-order chi connectivity index (χ0) is 14.8. The predicted octanol–water partition coefficient (Wildman–Crippen LogP) is 2.92. The molecule has 3 rings (SSSR count). The lowest BCUT2D eigenvalue weighted by molar-refractivity contribution is 0.241. The van der Waals surface area contributed by atoms with Gasteiger partial charge in [-0.25, -0.2) is 0 Å². The van der Waals surface area contributed by atoms with Gasteiger partial charge in [-0.2, -0.15) is 0 Å². The average molecular weight is 285 g/mol. The molecule has 2 heterocycles. The highest BCUT2D eigenvalue weighted by atomic mass is 16.5. The summed E-state index contributed by atoms with van der Waals surface area (Å²) in [7, 11) is 0. The van der Waals surface area contributed by atoms with Gasteiger partial charge in [-0.1, -0.05) is 17.3 Å². The SMILES string of the molecule is Cc1cc(CN2CCN(c3cccc(C)c3C)CC2)no1. The summed E-state index contributed by atoms with van der Waals surface area (Å²) in [6, 6.07) is 8.60. The van der Waals surface area contributed by atoms with Crippen LogP contribution >= 0.6 is 0 Å². The third kappa shape index (κ3) is 3.10.